The molecule has 1 aliphatic heterocycles. The minimum absolute atomic E-state index is 0.108. The number of benzene rings is 1. The quantitative estimate of drug-likeness (QED) is 0.539. The minimum atomic E-state index is -0.554. The molecule has 2 rings (SSSR count). The summed E-state index contributed by atoms with van der Waals surface area (Å²) in [5, 5.41) is 0.598. The van der Waals surface area contributed by atoms with E-state index in [1.807, 2.05) is 6.92 Å². The SMILES string of the molecule is Cc1ccc(N(CCCS)CCCC(=O)ON2C(=O)CCC2=O)cc1. The van der Waals surface area contributed by atoms with Gasteiger partial charge in [0, 0.05) is 38.0 Å². The van der Waals surface area contributed by atoms with Crippen LogP contribution >= 0.6 is 12.6 Å². The van der Waals surface area contributed by atoms with Gasteiger partial charge >= 0.3 is 5.97 Å². The molecular formula is C18H24N2O4S. The number of carbonyl (C=O) groups excluding carboxylic acids is 3. The van der Waals surface area contributed by atoms with Crippen LogP contribution in [-0.2, 0) is 19.2 Å². The number of hydrogen-bond donors (Lipinski definition) is 1. The highest BCUT2D eigenvalue weighted by Gasteiger charge is 2.32. The zero-order valence-corrected chi connectivity index (χ0v) is 15.3. The molecular weight excluding hydrogens is 340 g/mol. The van der Waals surface area contributed by atoms with E-state index in [1.54, 1.807) is 0 Å². The molecule has 0 saturated carbocycles. The molecule has 1 fully saturated rings. The van der Waals surface area contributed by atoms with Crippen LogP contribution < -0.4 is 4.90 Å². The van der Waals surface area contributed by atoms with E-state index in [2.05, 4.69) is 41.8 Å². The number of imide groups is 1. The highest BCUT2D eigenvalue weighted by molar-refractivity contribution is 7.80. The fraction of sp³-hybridized carbons (Fsp3) is 0.500. The first-order chi connectivity index (χ1) is 12.0. The molecule has 136 valence electrons. The molecule has 0 aliphatic carbocycles. The summed E-state index contributed by atoms with van der Waals surface area (Å²) in [5.74, 6) is -0.660. The van der Waals surface area contributed by atoms with Crippen molar-refractivity contribution in [3.63, 3.8) is 0 Å². The maximum atomic E-state index is 11.9. The molecule has 0 atom stereocenters. The average Bonchev–Trinajstić information content (AvgIpc) is 2.91. The molecule has 1 aromatic carbocycles. The van der Waals surface area contributed by atoms with E-state index in [4.69, 9.17) is 4.84 Å². The fourth-order valence-electron chi connectivity index (χ4n) is 2.61. The third-order valence-corrected chi connectivity index (χ3v) is 4.31. The van der Waals surface area contributed by atoms with Crippen molar-refractivity contribution in [1.82, 2.24) is 5.06 Å². The predicted octanol–water partition coefficient (Wildman–Crippen LogP) is 2.51. The summed E-state index contributed by atoms with van der Waals surface area (Å²) in [6, 6.07) is 8.24. The van der Waals surface area contributed by atoms with E-state index in [0.29, 0.717) is 18.0 Å². The molecule has 1 aliphatic rings. The van der Waals surface area contributed by atoms with Crippen molar-refractivity contribution < 1.29 is 19.2 Å². The molecule has 7 heteroatoms. The minimum Gasteiger partial charge on any atom is -0.371 e. The van der Waals surface area contributed by atoms with Gasteiger partial charge in [0.25, 0.3) is 11.8 Å². The first-order valence-electron chi connectivity index (χ1n) is 8.50. The number of hydroxylamine groups is 2. The van der Waals surface area contributed by atoms with Gasteiger partial charge in [0.1, 0.15) is 0 Å². The first kappa shape index (κ1) is 19.3. The van der Waals surface area contributed by atoms with E-state index in [1.165, 1.54) is 5.56 Å². The number of aryl methyl sites for hydroxylation is 1. The monoisotopic (exact) mass is 364 g/mol. The third kappa shape index (κ3) is 5.77. The second-order valence-electron chi connectivity index (χ2n) is 6.05. The Labute approximate surface area is 153 Å². The zero-order chi connectivity index (χ0) is 18.2. The third-order valence-electron chi connectivity index (χ3n) is 3.99. The van der Waals surface area contributed by atoms with Gasteiger partial charge in [-0.25, -0.2) is 4.79 Å². The lowest BCUT2D eigenvalue weighted by molar-refractivity contribution is -0.197. The number of thiol groups is 1. The maximum Gasteiger partial charge on any atom is 0.333 e. The molecule has 0 N–H and O–H groups in total. The van der Waals surface area contributed by atoms with Crippen LogP contribution in [0.25, 0.3) is 0 Å². The molecule has 0 spiro atoms. The second-order valence-corrected chi connectivity index (χ2v) is 6.50. The normalized spacial score (nSPS) is 14.1. The van der Waals surface area contributed by atoms with E-state index in [9.17, 15) is 14.4 Å². The van der Waals surface area contributed by atoms with Crippen molar-refractivity contribution in [3.05, 3.63) is 29.8 Å². The predicted molar refractivity (Wildman–Crippen MR) is 98.3 cm³/mol. The van der Waals surface area contributed by atoms with Crippen molar-refractivity contribution >= 4 is 36.1 Å². The topological polar surface area (TPSA) is 66.9 Å². The lowest BCUT2D eigenvalue weighted by Gasteiger charge is -2.25. The Morgan fingerprint density at radius 3 is 2.32 bits per heavy atom. The largest absolute Gasteiger partial charge is 0.371 e. The standard InChI is InChI=1S/C18H24N2O4S/c1-14-5-7-15(8-6-14)19(12-3-13-25)11-2-4-18(23)24-20-16(21)9-10-17(20)22/h5-8,25H,2-4,9-13H2,1H3. The van der Waals surface area contributed by atoms with Gasteiger partial charge in [-0.3, -0.25) is 9.59 Å². The van der Waals surface area contributed by atoms with Crippen LogP contribution in [0.2, 0.25) is 0 Å². The number of nitrogens with zero attached hydrogens (tertiary/aromatic N) is 2. The lowest BCUT2D eigenvalue weighted by atomic mass is 10.2. The number of amides is 2. The Hall–Kier alpha value is -2.02. The van der Waals surface area contributed by atoms with E-state index >= 15 is 0 Å². The van der Waals surface area contributed by atoms with Crippen LogP contribution in [0.1, 0.15) is 37.7 Å². The van der Waals surface area contributed by atoms with E-state index in [0.717, 1.165) is 24.4 Å². The van der Waals surface area contributed by atoms with Gasteiger partial charge in [0.05, 0.1) is 0 Å². The molecule has 25 heavy (non-hydrogen) atoms. The van der Waals surface area contributed by atoms with Crippen molar-refractivity contribution in [2.75, 3.05) is 23.7 Å². The van der Waals surface area contributed by atoms with Gasteiger partial charge in [-0.15, -0.1) is 5.06 Å². The van der Waals surface area contributed by atoms with Gasteiger partial charge in [-0.1, -0.05) is 17.7 Å². The molecule has 0 bridgehead atoms. The number of carbonyl (C=O) groups is 3. The summed E-state index contributed by atoms with van der Waals surface area (Å²) in [4.78, 5) is 41.8. The summed E-state index contributed by atoms with van der Waals surface area (Å²) < 4.78 is 0. The molecule has 0 aromatic heterocycles. The average molecular weight is 364 g/mol. The van der Waals surface area contributed by atoms with Crippen LogP contribution in [-0.4, -0.2) is 41.7 Å². The van der Waals surface area contributed by atoms with Crippen LogP contribution in [0.4, 0.5) is 5.69 Å². The summed E-state index contributed by atoms with van der Waals surface area (Å²) in [7, 11) is 0. The highest BCUT2D eigenvalue weighted by atomic mass is 32.1. The summed E-state index contributed by atoms with van der Waals surface area (Å²) in [6.45, 7) is 3.58. The van der Waals surface area contributed by atoms with Gasteiger partial charge in [0.2, 0.25) is 0 Å². The van der Waals surface area contributed by atoms with Crippen molar-refractivity contribution in [3.8, 4) is 0 Å². The van der Waals surface area contributed by atoms with Crippen LogP contribution in [0.15, 0.2) is 24.3 Å². The van der Waals surface area contributed by atoms with Gasteiger partial charge in [0.15, 0.2) is 0 Å². The van der Waals surface area contributed by atoms with Crippen LogP contribution in [0.3, 0.4) is 0 Å². The Balaban J connectivity index is 1.83. The smallest absolute Gasteiger partial charge is 0.333 e. The molecule has 1 heterocycles. The van der Waals surface area contributed by atoms with Crippen LogP contribution in [0, 0.1) is 6.92 Å². The van der Waals surface area contributed by atoms with E-state index < -0.39 is 17.8 Å². The Bertz CT molecular complexity index is 602. The Morgan fingerprint density at radius 1 is 1.12 bits per heavy atom. The highest BCUT2D eigenvalue weighted by Crippen LogP contribution is 2.17. The molecule has 1 saturated heterocycles. The van der Waals surface area contributed by atoms with Crippen LogP contribution in [0.5, 0.6) is 0 Å². The second kappa shape index (κ2) is 9.46. The number of hydrogen-bond acceptors (Lipinski definition) is 6. The molecule has 0 radical (unpaired) electrons. The Morgan fingerprint density at radius 2 is 1.72 bits per heavy atom. The lowest BCUT2D eigenvalue weighted by Crippen LogP contribution is -2.32. The number of anilines is 1. The fourth-order valence-corrected chi connectivity index (χ4v) is 2.75. The van der Waals surface area contributed by atoms with Gasteiger partial charge in [-0.05, 0) is 37.7 Å². The zero-order valence-electron chi connectivity index (χ0n) is 14.4. The van der Waals surface area contributed by atoms with Crippen molar-refractivity contribution in [2.24, 2.45) is 0 Å². The molecule has 2 amide bonds. The van der Waals surface area contributed by atoms with Crippen molar-refractivity contribution in [1.29, 1.82) is 0 Å². The van der Waals surface area contributed by atoms with Crippen molar-refractivity contribution in [2.45, 2.75) is 39.0 Å². The summed E-state index contributed by atoms with van der Waals surface area (Å²) >= 11 is 4.26. The first-order valence-corrected chi connectivity index (χ1v) is 9.13. The molecule has 0 unspecified atom stereocenters. The maximum absolute atomic E-state index is 11.9. The van der Waals surface area contributed by atoms with Gasteiger partial charge < -0.3 is 9.74 Å². The molecule has 1 aromatic rings. The number of rotatable bonds is 9. The summed E-state index contributed by atoms with van der Waals surface area (Å²) in [5.41, 5.74) is 2.30. The van der Waals surface area contributed by atoms with Gasteiger partial charge in [-0.2, -0.15) is 12.6 Å². The summed E-state index contributed by atoms with van der Waals surface area (Å²) in [6.07, 6.45) is 1.89. The van der Waals surface area contributed by atoms with E-state index in [-0.39, 0.29) is 19.3 Å². The Kier molecular flexibility index (Phi) is 7.31. The molecule has 6 nitrogen and oxygen atoms in total.